The molecular formula is C24H28N2O5. The van der Waals surface area contributed by atoms with Crippen molar-refractivity contribution in [2.24, 2.45) is 11.3 Å². The number of rotatable bonds is 2. The van der Waals surface area contributed by atoms with E-state index < -0.39 is 16.6 Å². The first-order valence-corrected chi connectivity index (χ1v) is 11.1. The summed E-state index contributed by atoms with van der Waals surface area (Å²) in [7, 11) is 3.57. The number of esters is 2. The number of likely N-dealkylation sites (N-methyl/N-ethyl adjacent to an activating group) is 1. The first kappa shape index (κ1) is 19.3. The molecule has 3 saturated heterocycles. The van der Waals surface area contributed by atoms with Crippen LogP contribution in [0.2, 0.25) is 0 Å². The van der Waals surface area contributed by atoms with Crippen molar-refractivity contribution in [1.82, 2.24) is 4.90 Å². The molecule has 1 aromatic rings. The van der Waals surface area contributed by atoms with Crippen molar-refractivity contribution in [3.8, 4) is 5.75 Å². The number of hydrogen-bond donors (Lipinski definition) is 0. The van der Waals surface area contributed by atoms with Gasteiger partial charge in [0.25, 0.3) is 0 Å². The monoisotopic (exact) mass is 424 g/mol. The highest BCUT2D eigenvalue weighted by atomic mass is 16.6. The van der Waals surface area contributed by atoms with Crippen molar-refractivity contribution in [3.05, 3.63) is 35.4 Å². The van der Waals surface area contributed by atoms with Crippen LogP contribution in [0.4, 0.5) is 5.69 Å². The summed E-state index contributed by atoms with van der Waals surface area (Å²) in [6.45, 7) is 5.58. The second-order valence-corrected chi connectivity index (χ2v) is 9.57. The molecule has 1 aliphatic carbocycles. The van der Waals surface area contributed by atoms with Crippen molar-refractivity contribution in [3.63, 3.8) is 0 Å². The summed E-state index contributed by atoms with van der Waals surface area (Å²) in [4.78, 5) is 30.2. The molecule has 6 rings (SSSR count). The van der Waals surface area contributed by atoms with E-state index in [1.165, 1.54) is 19.6 Å². The number of piperidine rings is 2. The highest BCUT2D eigenvalue weighted by molar-refractivity contribution is 5.87. The Morgan fingerprint density at radius 3 is 2.84 bits per heavy atom. The molecule has 0 N–H and O–H groups in total. The van der Waals surface area contributed by atoms with Crippen LogP contribution in [0.3, 0.4) is 0 Å². The Morgan fingerprint density at radius 1 is 1.32 bits per heavy atom. The second-order valence-electron chi connectivity index (χ2n) is 9.57. The van der Waals surface area contributed by atoms with Gasteiger partial charge in [-0.25, -0.2) is 0 Å². The number of ether oxygens (including phenoxy) is 3. The summed E-state index contributed by atoms with van der Waals surface area (Å²) in [5, 5.41) is 0. The quantitative estimate of drug-likeness (QED) is 0.410. The van der Waals surface area contributed by atoms with E-state index in [9.17, 15) is 9.59 Å². The molecule has 0 radical (unpaired) electrons. The Morgan fingerprint density at radius 2 is 2.13 bits per heavy atom. The third-order valence-electron chi connectivity index (χ3n) is 8.92. The Labute approximate surface area is 181 Å². The molecule has 7 nitrogen and oxygen atoms in total. The molecule has 1 saturated carbocycles. The average Bonchev–Trinajstić information content (AvgIpc) is 3.14. The molecule has 4 heterocycles. The van der Waals surface area contributed by atoms with E-state index in [2.05, 4.69) is 29.8 Å². The standard InChI is InChI=1S/C24H28N2O5/c1-5-15-12-26-9-8-23-18-10-16(31-14(2)27)6-7-19(18)25(3)24(23)20(26)11-17(15)22(23,13-30-24)21(28)29-4/h5-7,10,17,20H,8-9,11-13H2,1-4H3/b15-5-/t17-,20-,22-,23-,24+/m0/s1. The summed E-state index contributed by atoms with van der Waals surface area (Å²) in [6.07, 6.45) is 3.86. The predicted octanol–water partition coefficient (Wildman–Crippen LogP) is 2.24. The average molecular weight is 424 g/mol. The fraction of sp³-hybridized carbons (Fsp3) is 0.583. The molecule has 4 aliphatic heterocycles. The topological polar surface area (TPSA) is 68.3 Å². The molecule has 0 unspecified atom stereocenters. The molecule has 0 aromatic heterocycles. The van der Waals surface area contributed by atoms with Gasteiger partial charge in [-0.15, -0.1) is 0 Å². The van der Waals surface area contributed by atoms with Crippen LogP contribution in [0, 0.1) is 11.3 Å². The zero-order chi connectivity index (χ0) is 21.8. The minimum atomic E-state index is -0.805. The summed E-state index contributed by atoms with van der Waals surface area (Å²) in [5.41, 5.74) is 1.38. The van der Waals surface area contributed by atoms with Gasteiger partial charge in [0.2, 0.25) is 0 Å². The molecule has 0 spiro atoms. The van der Waals surface area contributed by atoms with E-state index in [1.54, 1.807) is 0 Å². The van der Waals surface area contributed by atoms with E-state index in [1.807, 2.05) is 18.2 Å². The van der Waals surface area contributed by atoms with E-state index in [0.717, 1.165) is 37.2 Å². The molecule has 4 fully saturated rings. The minimum Gasteiger partial charge on any atom is -0.468 e. The van der Waals surface area contributed by atoms with Gasteiger partial charge < -0.3 is 19.1 Å². The Balaban J connectivity index is 1.68. The predicted molar refractivity (Wildman–Crippen MR) is 113 cm³/mol. The van der Waals surface area contributed by atoms with Crippen LogP contribution in [0.1, 0.15) is 32.3 Å². The third kappa shape index (κ3) is 1.83. The number of benzene rings is 1. The summed E-state index contributed by atoms with van der Waals surface area (Å²) < 4.78 is 17.8. The highest BCUT2D eigenvalue weighted by Gasteiger charge is 2.86. The number of nitrogens with zero attached hydrogens (tertiary/aromatic N) is 2. The molecule has 0 amide bonds. The van der Waals surface area contributed by atoms with Gasteiger partial charge in [0.15, 0.2) is 5.72 Å². The molecule has 5 atom stereocenters. The van der Waals surface area contributed by atoms with Gasteiger partial charge in [0.05, 0.1) is 25.2 Å². The van der Waals surface area contributed by atoms with Crippen LogP contribution < -0.4 is 9.64 Å². The van der Waals surface area contributed by atoms with Crippen molar-refractivity contribution in [2.75, 3.05) is 38.8 Å². The van der Waals surface area contributed by atoms with E-state index in [-0.39, 0.29) is 23.9 Å². The summed E-state index contributed by atoms with van der Waals surface area (Å²) in [6, 6.07) is 5.98. The molecule has 5 aliphatic rings. The van der Waals surface area contributed by atoms with Crippen LogP contribution in [0.25, 0.3) is 0 Å². The lowest BCUT2D eigenvalue weighted by atomic mass is 9.43. The Bertz CT molecular complexity index is 1050. The maximum absolute atomic E-state index is 13.8. The normalized spacial score (nSPS) is 40.6. The maximum Gasteiger partial charge on any atom is 0.315 e. The van der Waals surface area contributed by atoms with E-state index >= 15 is 0 Å². The summed E-state index contributed by atoms with van der Waals surface area (Å²) in [5.74, 6) is 0.0346. The summed E-state index contributed by atoms with van der Waals surface area (Å²) >= 11 is 0. The third-order valence-corrected chi connectivity index (χ3v) is 8.92. The van der Waals surface area contributed by atoms with Crippen molar-refractivity contribution in [2.45, 2.75) is 43.9 Å². The van der Waals surface area contributed by atoms with Gasteiger partial charge in [0, 0.05) is 38.7 Å². The van der Waals surface area contributed by atoms with Crippen LogP contribution in [0.5, 0.6) is 5.75 Å². The Kier molecular flexibility index (Phi) is 3.67. The van der Waals surface area contributed by atoms with E-state index in [4.69, 9.17) is 14.2 Å². The fourth-order valence-electron chi connectivity index (χ4n) is 8.00. The van der Waals surface area contributed by atoms with Gasteiger partial charge in [-0.1, -0.05) is 11.6 Å². The van der Waals surface area contributed by atoms with Gasteiger partial charge in [0.1, 0.15) is 11.2 Å². The van der Waals surface area contributed by atoms with Gasteiger partial charge >= 0.3 is 11.9 Å². The minimum absolute atomic E-state index is 0.0684. The van der Waals surface area contributed by atoms with Gasteiger partial charge in [-0.05, 0) is 43.5 Å². The molecule has 5 bridgehead atoms. The van der Waals surface area contributed by atoms with Crippen LogP contribution >= 0.6 is 0 Å². The lowest BCUT2D eigenvalue weighted by Gasteiger charge is -2.66. The van der Waals surface area contributed by atoms with Gasteiger partial charge in [-0.3, -0.25) is 14.5 Å². The van der Waals surface area contributed by atoms with Crippen molar-refractivity contribution < 1.29 is 23.8 Å². The number of carbonyl (C=O) groups excluding carboxylic acids is 2. The second kappa shape index (κ2) is 5.90. The number of anilines is 1. The molecule has 7 heteroatoms. The lowest BCUT2D eigenvalue weighted by Crippen LogP contribution is -2.80. The van der Waals surface area contributed by atoms with Crippen LogP contribution in [-0.4, -0.2) is 62.5 Å². The maximum atomic E-state index is 13.8. The van der Waals surface area contributed by atoms with Crippen molar-refractivity contribution >= 4 is 17.6 Å². The van der Waals surface area contributed by atoms with E-state index in [0.29, 0.717) is 12.4 Å². The zero-order valence-corrected chi connectivity index (χ0v) is 18.4. The first-order chi connectivity index (χ1) is 14.9. The first-order valence-electron chi connectivity index (χ1n) is 11.1. The van der Waals surface area contributed by atoms with Crippen LogP contribution in [-0.2, 0) is 24.5 Å². The molecule has 31 heavy (non-hydrogen) atoms. The number of methoxy groups -OCH3 is 1. The van der Waals surface area contributed by atoms with Gasteiger partial charge in [-0.2, -0.15) is 0 Å². The lowest BCUT2D eigenvalue weighted by molar-refractivity contribution is -0.184. The number of carbonyl (C=O) groups is 2. The van der Waals surface area contributed by atoms with Crippen molar-refractivity contribution in [1.29, 1.82) is 0 Å². The SMILES string of the molecule is C/C=C1/CN2CC[C@@]34c5cc(OC(C)=O)ccc5N(C)[C@]35OC[C@@]4(C(=O)OC)[C@H]1C[C@H]25. The Hall–Kier alpha value is -2.38. The molecule has 164 valence electrons. The number of allylic oxidation sites excluding steroid dienone is 1. The fourth-order valence-corrected chi connectivity index (χ4v) is 8.00. The number of hydrogen-bond acceptors (Lipinski definition) is 7. The largest absolute Gasteiger partial charge is 0.468 e. The molecule has 1 aromatic carbocycles. The number of fused-ring (bicyclic) bond motifs is 3. The van der Waals surface area contributed by atoms with Crippen LogP contribution in [0.15, 0.2) is 29.8 Å². The highest BCUT2D eigenvalue weighted by Crippen LogP contribution is 2.76. The molecular weight excluding hydrogens is 396 g/mol. The smallest absolute Gasteiger partial charge is 0.315 e. The zero-order valence-electron chi connectivity index (χ0n) is 18.4.